The van der Waals surface area contributed by atoms with Crippen LogP contribution >= 0.6 is 11.8 Å². The maximum atomic E-state index is 10.4. The lowest BCUT2D eigenvalue weighted by Gasteiger charge is -2.36. The first-order valence-electron chi connectivity index (χ1n) is 5.84. The van der Waals surface area contributed by atoms with Crippen LogP contribution in [-0.4, -0.2) is 33.4 Å². The molecular weight excluding hydrogens is 208 g/mol. The Morgan fingerprint density at radius 1 is 1.27 bits per heavy atom. The fourth-order valence-corrected chi connectivity index (χ4v) is 4.42. The molecule has 88 valence electrons. The number of rotatable bonds is 3. The lowest BCUT2D eigenvalue weighted by atomic mass is 9.86. The van der Waals surface area contributed by atoms with Crippen LogP contribution in [0.5, 0.6) is 0 Å². The second-order valence-corrected chi connectivity index (χ2v) is 7.23. The molecule has 0 aromatic heterocycles. The summed E-state index contributed by atoms with van der Waals surface area (Å²) in [6.07, 6.45) is 2.06. The zero-order valence-corrected chi connectivity index (χ0v) is 10.7. The summed E-state index contributed by atoms with van der Waals surface area (Å²) >= 11 is 1.74. The Morgan fingerprint density at radius 3 is 2.53 bits per heavy atom. The largest absolute Gasteiger partial charge is 0.396 e. The molecule has 4 atom stereocenters. The Morgan fingerprint density at radius 2 is 1.93 bits per heavy atom. The Balaban J connectivity index is 2.00. The van der Waals surface area contributed by atoms with Gasteiger partial charge in [0, 0.05) is 11.0 Å². The second-order valence-electron chi connectivity index (χ2n) is 5.91. The molecule has 0 heterocycles. The molecule has 15 heavy (non-hydrogen) atoms. The minimum atomic E-state index is -0.533. The average molecular weight is 230 g/mol. The average Bonchev–Trinajstić information content (AvgIpc) is 2.62. The van der Waals surface area contributed by atoms with Crippen LogP contribution < -0.4 is 0 Å². The Bertz CT molecular complexity index is 250. The highest BCUT2D eigenvalue weighted by atomic mass is 32.2. The first kappa shape index (κ1) is 11.7. The van der Waals surface area contributed by atoms with E-state index >= 15 is 0 Å². The van der Waals surface area contributed by atoms with Gasteiger partial charge < -0.3 is 10.2 Å². The maximum Gasteiger partial charge on any atom is 0.0740 e. The van der Waals surface area contributed by atoms with Crippen LogP contribution in [0.25, 0.3) is 0 Å². The minimum Gasteiger partial charge on any atom is -0.396 e. The third-order valence-electron chi connectivity index (χ3n) is 4.49. The van der Waals surface area contributed by atoms with E-state index in [1.54, 1.807) is 11.8 Å². The van der Waals surface area contributed by atoms with Gasteiger partial charge in [-0.25, -0.2) is 0 Å². The van der Waals surface area contributed by atoms with Crippen molar-refractivity contribution < 1.29 is 10.2 Å². The topological polar surface area (TPSA) is 40.5 Å². The van der Waals surface area contributed by atoms with Crippen molar-refractivity contribution in [2.45, 2.75) is 44.5 Å². The standard InChI is InChI=1S/C12H22O2S/c1-11(2)8-6-10(15-5-4-13)12(3,14)7-9(8)11/h8-10,13-14H,4-7H2,1-3H3/t8-,9+,10+,12+/m1/s1. The fourth-order valence-electron chi connectivity index (χ4n) is 3.23. The molecule has 0 aromatic carbocycles. The van der Waals surface area contributed by atoms with Crippen molar-refractivity contribution in [1.29, 1.82) is 0 Å². The van der Waals surface area contributed by atoms with Crippen LogP contribution in [-0.2, 0) is 0 Å². The monoisotopic (exact) mass is 230 g/mol. The van der Waals surface area contributed by atoms with Gasteiger partial charge in [-0.2, -0.15) is 11.8 Å². The number of aliphatic hydroxyl groups excluding tert-OH is 1. The third kappa shape index (κ3) is 1.94. The van der Waals surface area contributed by atoms with Gasteiger partial charge in [0.2, 0.25) is 0 Å². The summed E-state index contributed by atoms with van der Waals surface area (Å²) in [5.74, 6) is 2.27. The lowest BCUT2D eigenvalue weighted by molar-refractivity contribution is 0.0244. The number of aliphatic hydroxyl groups is 2. The predicted octanol–water partition coefficient (Wildman–Crippen LogP) is 1.90. The van der Waals surface area contributed by atoms with Gasteiger partial charge in [-0.1, -0.05) is 13.8 Å². The van der Waals surface area contributed by atoms with Crippen molar-refractivity contribution in [2.24, 2.45) is 17.3 Å². The Hall–Kier alpha value is 0.270. The van der Waals surface area contributed by atoms with Gasteiger partial charge in [0.15, 0.2) is 0 Å². The van der Waals surface area contributed by atoms with Crippen LogP contribution in [0, 0.1) is 17.3 Å². The van der Waals surface area contributed by atoms with Crippen LogP contribution in [0.15, 0.2) is 0 Å². The van der Waals surface area contributed by atoms with E-state index in [9.17, 15) is 5.11 Å². The molecule has 3 heteroatoms. The maximum absolute atomic E-state index is 10.4. The molecule has 2 aliphatic rings. The molecule has 0 saturated heterocycles. The summed E-state index contributed by atoms with van der Waals surface area (Å²) in [5.41, 5.74) is -0.0900. The third-order valence-corrected chi connectivity index (χ3v) is 6.01. The van der Waals surface area contributed by atoms with Crippen LogP contribution in [0.1, 0.15) is 33.6 Å². The molecule has 0 amide bonds. The lowest BCUT2D eigenvalue weighted by Crippen LogP contribution is -2.41. The van der Waals surface area contributed by atoms with E-state index in [1.807, 2.05) is 6.92 Å². The van der Waals surface area contributed by atoms with Crippen molar-refractivity contribution in [1.82, 2.24) is 0 Å². The van der Waals surface area contributed by atoms with E-state index in [2.05, 4.69) is 13.8 Å². The van der Waals surface area contributed by atoms with E-state index in [-0.39, 0.29) is 6.61 Å². The van der Waals surface area contributed by atoms with E-state index in [0.29, 0.717) is 10.7 Å². The van der Waals surface area contributed by atoms with Gasteiger partial charge in [0.05, 0.1) is 12.2 Å². The molecular formula is C12H22O2S. The van der Waals surface area contributed by atoms with E-state index in [4.69, 9.17) is 5.11 Å². The fraction of sp³-hybridized carbons (Fsp3) is 1.00. The molecule has 2 aliphatic carbocycles. The van der Waals surface area contributed by atoms with Crippen LogP contribution in [0.2, 0.25) is 0 Å². The molecule has 0 unspecified atom stereocenters. The Labute approximate surface area is 96.5 Å². The van der Waals surface area contributed by atoms with Crippen molar-refractivity contribution >= 4 is 11.8 Å². The van der Waals surface area contributed by atoms with Gasteiger partial charge in [-0.3, -0.25) is 0 Å². The zero-order chi connectivity index (χ0) is 11.3. The molecule has 2 N–H and O–H groups in total. The van der Waals surface area contributed by atoms with E-state index in [0.717, 1.165) is 30.4 Å². The molecule has 0 radical (unpaired) electrons. The molecule has 0 aromatic rings. The van der Waals surface area contributed by atoms with E-state index in [1.165, 1.54) is 0 Å². The van der Waals surface area contributed by atoms with Crippen molar-refractivity contribution in [3.63, 3.8) is 0 Å². The van der Waals surface area contributed by atoms with Gasteiger partial charge in [0.1, 0.15) is 0 Å². The smallest absolute Gasteiger partial charge is 0.0740 e. The molecule has 0 aliphatic heterocycles. The number of fused-ring (bicyclic) bond motifs is 1. The van der Waals surface area contributed by atoms with Crippen molar-refractivity contribution in [3.8, 4) is 0 Å². The first-order valence-corrected chi connectivity index (χ1v) is 6.89. The predicted molar refractivity (Wildman–Crippen MR) is 64.0 cm³/mol. The summed E-state index contributed by atoms with van der Waals surface area (Å²) < 4.78 is 0. The van der Waals surface area contributed by atoms with Gasteiger partial charge in [-0.05, 0) is 37.0 Å². The zero-order valence-electron chi connectivity index (χ0n) is 9.86. The summed E-state index contributed by atoms with van der Waals surface area (Å²) in [4.78, 5) is 0. The van der Waals surface area contributed by atoms with E-state index < -0.39 is 5.60 Å². The summed E-state index contributed by atoms with van der Waals surface area (Å²) in [6.45, 7) is 6.82. The normalized spacial score (nSPS) is 47.4. The number of hydrogen-bond acceptors (Lipinski definition) is 3. The highest BCUT2D eigenvalue weighted by Gasteiger charge is 2.63. The molecule has 2 nitrogen and oxygen atoms in total. The molecule has 0 spiro atoms. The van der Waals surface area contributed by atoms with Crippen LogP contribution in [0.4, 0.5) is 0 Å². The van der Waals surface area contributed by atoms with Gasteiger partial charge in [-0.15, -0.1) is 0 Å². The number of thioether (sulfide) groups is 1. The van der Waals surface area contributed by atoms with Gasteiger partial charge in [0.25, 0.3) is 0 Å². The summed E-state index contributed by atoms with van der Waals surface area (Å²) in [7, 11) is 0. The molecule has 2 saturated carbocycles. The summed E-state index contributed by atoms with van der Waals surface area (Å²) in [6, 6.07) is 0. The van der Waals surface area contributed by atoms with Gasteiger partial charge >= 0.3 is 0 Å². The highest BCUT2D eigenvalue weighted by molar-refractivity contribution is 8.00. The number of hydrogen-bond donors (Lipinski definition) is 2. The minimum absolute atomic E-state index is 0.217. The SMILES string of the molecule is CC1(C)[C@@H]2C[C@H](SCCO)[C@@](C)(O)C[C@@H]21. The molecule has 2 rings (SSSR count). The summed E-state index contributed by atoms with van der Waals surface area (Å²) in [5, 5.41) is 19.5. The van der Waals surface area contributed by atoms with Crippen molar-refractivity contribution in [3.05, 3.63) is 0 Å². The first-order chi connectivity index (χ1) is 6.89. The second kappa shape index (κ2) is 3.64. The van der Waals surface area contributed by atoms with Crippen LogP contribution in [0.3, 0.4) is 0 Å². The van der Waals surface area contributed by atoms with Crippen molar-refractivity contribution in [2.75, 3.05) is 12.4 Å². The quantitative estimate of drug-likeness (QED) is 0.778. The molecule has 2 fully saturated rings. The Kier molecular flexibility index (Phi) is 2.85. The highest BCUT2D eigenvalue weighted by Crippen LogP contribution is 2.67. The molecule has 0 bridgehead atoms.